The molecule has 0 radical (unpaired) electrons. The second-order valence-corrected chi connectivity index (χ2v) is 6.74. The van der Waals surface area contributed by atoms with Gasteiger partial charge < -0.3 is 10.6 Å². The topological polar surface area (TPSA) is 36.4 Å². The molecule has 0 atom stereocenters. The van der Waals surface area contributed by atoms with Crippen molar-refractivity contribution < 1.29 is 0 Å². The molecule has 0 bridgehead atoms. The number of nitrogens with one attached hydrogen (secondary N) is 2. The van der Waals surface area contributed by atoms with Crippen LogP contribution in [0.4, 0.5) is 0 Å². The summed E-state index contributed by atoms with van der Waals surface area (Å²) in [4.78, 5) is 4.20. The minimum atomic E-state index is 0.783. The predicted octanol–water partition coefficient (Wildman–Crippen LogP) is 3.44. The highest BCUT2D eigenvalue weighted by Gasteiger charge is 2.00. The molecule has 2 heterocycles. The molecule has 2 rings (SSSR count). The lowest BCUT2D eigenvalue weighted by molar-refractivity contribution is 0.812. The third-order valence-electron chi connectivity index (χ3n) is 2.35. The number of thiophene rings is 2. The molecular formula is C12H14BrN3S2. The van der Waals surface area contributed by atoms with Gasteiger partial charge in [-0.05, 0) is 55.3 Å². The number of nitrogens with zero attached hydrogens (tertiary/aromatic N) is 1. The van der Waals surface area contributed by atoms with Crippen LogP contribution in [0.5, 0.6) is 0 Å². The fourth-order valence-electron chi connectivity index (χ4n) is 1.42. The Bertz CT molecular complexity index is 505. The van der Waals surface area contributed by atoms with Crippen molar-refractivity contribution in [3.05, 3.63) is 43.2 Å². The highest BCUT2D eigenvalue weighted by atomic mass is 79.9. The van der Waals surface area contributed by atoms with Crippen molar-refractivity contribution >= 4 is 44.6 Å². The summed E-state index contributed by atoms with van der Waals surface area (Å²) in [6.07, 6.45) is 0. The van der Waals surface area contributed by atoms with E-state index in [1.807, 2.05) is 0 Å². The van der Waals surface area contributed by atoms with Crippen LogP contribution < -0.4 is 10.6 Å². The number of aliphatic imine (C=N–C) groups is 1. The molecule has 3 nitrogen and oxygen atoms in total. The average molecular weight is 344 g/mol. The van der Waals surface area contributed by atoms with Crippen LogP contribution in [0.15, 0.2) is 37.1 Å². The zero-order chi connectivity index (χ0) is 12.8. The summed E-state index contributed by atoms with van der Waals surface area (Å²) in [6, 6.07) is 4.23. The van der Waals surface area contributed by atoms with Gasteiger partial charge in [-0.1, -0.05) is 0 Å². The molecule has 2 aromatic rings. The Morgan fingerprint density at radius 2 is 2.06 bits per heavy atom. The van der Waals surface area contributed by atoms with Crippen molar-refractivity contribution in [2.75, 3.05) is 7.05 Å². The Morgan fingerprint density at radius 3 is 2.61 bits per heavy atom. The number of rotatable bonds is 4. The second kappa shape index (κ2) is 6.92. The number of halogens is 1. The summed E-state index contributed by atoms with van der Waals surface area (Å²) < 4.78 is 1.15. The standard InChI is InChI=1S/C12H14BrN3S2/c1-14-12(15-5-9-2-3-17-7-9)16-6-10-4-11(13)18-8-10/h2-4,7-8H,5-6H2,1H3,(H2,14,15,16). The van der Waals surface area contributed by atoms with Crippen molar-refractivity contribution in [1.82, 2.24) is 10.6 Å². The van der Waals surface area contributed by atoms with Crippen LogP contribution in [-0.4, -0.2) is 13.0 Å². The van der Waals surface area contributed by atoms with Crippen LogP contribution in [-0.2, 0) is 13.1 Å². The van der Waals surface area contributed by atoms with E-state index in [2.05, 4.69) is 59.8 Å². The summed E-state index contributed by atoms with van der Waals surface area (Å²) >= 11 is 6.86. The normalized spacial score (nSPS) is 11.6. The van der Waals surface area contributed by atoms with E-state index < -0.39 is 0 Å². The highest BCUT2D eigenvalue weighted by Crippen LogP contribution is 2.20. The second-order valence-electron chi connectivity index (χ2n) is 3.67. The van der Waals surface area contributed by atoms with Gasteiger partial charge in [0.1, 0.15) is 0 Å². The Morgan fingerprint density at radius 1 is 1.28 bits per heavy atom. The van der Waals surface area contributed by atoms with Crippen LogP contribution in [0.3, 0.4) is 0 Å². The van der Waals surface area contributed by atoms with Gasteiger partial charge in [-0.3, -0.25) is 4.99 Å². The highest BCUT2D eigenvalue weighted by molar-refractivity contribution is 9.11. The third-order valence-corrected chi connectivity index (χ3v) is 4.63. The first-order valence-corrected chi connectivity index (χ1v) is 8.08. The minimum absolute atomic E-state index is 0.783. The zero-order valence-corrected chi connectivity index (χ0v) is 13.2. The molecule has 0 spiro atoms. The van der Waals surface area contributed by atoms with E-state index in [0.29, 0.717) is 0 Å². The van der Waals surface area contributed by atoms with Crippen LogP contribution >= 0.6 is 38.6 Å². The van der Waals surface area contributed by atoms with Gasteiger partial charge in [0.15, 0.2) is 5.96 Å². The van der Waals surface area contributed by atoms with E-state index in [-0.39, 0.29) is 0 Å². The molecule has 0 fully saturated rings. The van der Waals surface area contributed by atoms with E-state index in [1.165, 1.54) is 11.1 Å². The molecular weight excluding hydrogens is 330 g/mol. The smallest absolute Gasteiger partial charge is 0.191 e. The van der Waals surface area contributed by atoms with Gasteiger partial charge in [0.25, 0.3) is 0 Å². The molecule has 18 heavy (non-hydrogen) atoms. The summed E-state index contributed by atoms with van der Waals surface area (Å²) in [5.41, 5.74) is 2.53. The van der Waals surface area contributed by atoms with Gasteiger partial charge in [-0.15, -0.1) is 11.3 Å². The molecule has 0 aliphatic heterocycles. The molecule has 2 N–H and O–H groups in total. The number of hydrogen-bond donors (Lipinski definition) is 2. The molecule has 2 aromatic heterocycles. The molecule has 0 aliphatic rings. The first kappa shape index (κ1) is 13.6. The van der Waals surface area contributed by atoms with Gasteiger partial charge >= 0.3 is 0 Å². The Hall–Kier alpha value is -0.850. The van der Waals surface area contributed by atoms with Crippen LogP contribution in [0.25, 0.3) is 0 Å². The molecule has 0 saturated carbocycles. The summed E-state index contributed by atoms with van der Waals surface area (Å²) in [7, 11) is 1.78. The Kier molecular flexibility index (Phi) is 5.22. The van der Waals surface area contributed by atoms with E-state index in [0.717, 1.165) is 22.8 Å². The largest absolute Gasteiger partial charge is 0.352 e. The number of hydrogen-bond acceptors (Lipinski definition) is 3. The summed E-state index contributed by atoms with van der Waals surface area (Å²) in [5, 5.41) is 12.9. The molecule has 0 aromatic carbocycles. The number of guanidine groups is 1. The van der Waals surface area contributed by atoms with Crippen molar-refractivity contribution in [3.8, 4) is 0 Å². The molecule has 96 valence electrons. The maximum Gasteiger partial charge on any atom is 0.191 e. The van der Waals surface area contributed by atoms with Crippen LogP contribution in [0.2, 0.25) is 0 Å². The van der Waals surface area contributed by atoms with Crippen molar-refractivity contribution in [2.45, 2.75) is 13.1 Å². The van der Waals surface area contributed by atoms with Crippen LogP contribution in [0, 0.1) is 0 Å². The monoisotopic (exact) mass is 343 g/mol. The third kappa shape index (κ3) is 4.12. The lowest BCUT2D eigenvalue weighted by Crippen LogP contribution is -2.36. The van der Waals surface area contributed by atoms with Crippen LogP contribution in [0.1, 0.15) is 11.1 Å². The minimum Gasteiger partial charge on any atom is -0.352 e. The summed E-state index contributed by atoms with van der Waals surface area (Å²) in [6.45, 7) is 1.59. The van der Waals surface area contributed by atoms with Gasteiger partial charge in [0, 0.05) is 20.1 Å². The Labute approximate surface area is 123 Å². The van der Waals surface area contributed by atoms with Gasteiger partial charge in [-0.2, -0.15) is 11.3 Å². The predicted molar refractivity (Wildman–Crippen MR) is 83.4 cm³/mol. The fourth-order valence-corrected chi connectivity index (χ4v) is 3.30. The van der Waals surface area contributed by atoms with Gasteiger partial charge in [0.2, 0.25) is 0 Å². The fraction of sp³-hybridized carbons (Fsp3) is 0.250. The first-order chi connectivity index (χ1) is 8.78. The molecule has 0 amide bonds. The zero-order valence-electron chi connectivity index (χ0n) is 9.94. The van der Waals surface area contributed by atoms with E-state index in [9.17, 15) is 0 Å². The van der Waals surface area contributed by atoms with E-state index in [4.69, 9.17) is 0 Å². The van der Waals surface area contributed by atoms with Gasteiger partial charge in [-0.25, -0.2) is 0 Å². The van der Waals surface area contributed by atoms with Crippen molar-refractivity contribution in [3.63, 3.8) is 0 Å². The molecule has 0 unspecified atom stereocenters. The summed E-state index contributed by atoms with van der Waals surface area (Å²) in [5.74, 6) is 0.823. The SMILES string of the molecule is CN=C(NCc1ccsc1)NCc1csc(Br)c1. The quantitative estimate of drug-likeness (QED) is 0.659. The molecule has 0 saturated heterocycles. The molecule has 6 heteroatoms. The Balaban J connectivity index is 1.79. The van der Waals surface area contributed by atoms with Crippen molar-refractivity contribution in [1.29, 1.82) is 0 Å². The maximum atomic E-state index is 4.20. The van der Waals surface area contributed by atoms with E-state index in [1.54, 1.807) is 29.7 Å². The van der Waals surface area contributed by atoms with Gasteiger partial charge in [0.05, 0.1) is 3.79 Å². The average Bonchev–Trinajstić information content (AvgIpc) is 3.01. The molecule has 0 aliphatic carbocycles. The lowest BCUT2D eigenvalue weighted by Gasteiger charge is -2.10. The first-order valence-electron chi connectivity index (χ1n) is 5.46. The maximum absolute atomic E-state index is 4.20. The lowest BCUT2D eigenvalue weighted by atomic mass is 10.3. The van der Waals surface area contributed by atoms with Crippen molar-refractivity contribution in [2.24, 2.45) is 4.99 Å². The van der Waals surface area contributed by atoms with E-state index >= 15 is 0 Å².